The monoisotopic (exact) mass is 317 g/mol. The lowest BCUT2D eigenvalue weighted by molar-refractivity contribution is 0.0843. The standard InChI is InChI=1S/C16H19N3O4/c1-11-17-7-12(8-18-11)16(21)19-9-13(20)10-23-15-5-3-4-14(6-15)22-2/h3-8,13,20H,9-10H2,1-2H3,(H,19,21)/t13-/m0/s1. The number of nitrogens with one attached hydrogen (secondary N) is 1. The van der Waals surface area contributed by atoms with Crippen molar-refractivity contribution in [3.63, 3.8) is 0 Å². The molecule has 0 spiro atoms. The van der Waals surface area contributed by atoms with Gasteiger partial charge in [0.1, 0.15) is 30.0 Å². The van der Waals surface area contributed by atoms with Gasteiger partial charge in [0.25, 0.3) is 5.91 Å². The fraction of sp³-hybridized carbons (Fsp3) is 0.312. The average Bonchev–Trinajstić information content (AvgIpc) is 2.58. The van der Waals surface area contributed by atoms with Gasteiger partial charge in [-0.1, -0.05) is 6.07 Å². The Balaban J connectivity index is 1.77. The number of nitrogens with zero attached hydrogens (tertiary/aromatic N) is 2. The zero-order valence-electron chi connectivity index (χ0n) is 13.0. The molecule has 0 unspecified atom stereocenters. The Kier molecular flexibility index (Phi) is 5.87. The van der Waals surface area contributed by atoms with E-state index in [-0.39, 0.29) is 19.1 Å². The third kappa shape index (κ3) is 5.23. The number of carbonyl (C=O) groups excluding carboxylic acids is 1. The van der Waals surface area contributed by atoms with Crippen molar-refractivity contribution < 1.29 is 19.4 Å². The van der Waals surface area contributed by atoms with Crippen LogP contribution in [0.15, 0.2) is 36.7 Å². The fourth-order valence-corrected chi connectivity index (χ4v) is 1.76. The number of rotatable bonds is 7. The van der Waals surface area contributed by atoms with E-state index in [4.69, 9.17) is 9.47 Å². The van der Waals surface area contributed by atoms with Gasteiger partial charge in [-0.3, -0.25) is 4.79 Å². The Labute approximate surface area is 134 Å². The van der Waals surface area contributed by atoms with Gasteiger partial charge in [-0.25, -0.2) is 9.97 Å². The van der Waals surface area contributed by atoms with Gasteiger partial charge < -0.3 is 19.9 Å². The Hall–Kier alpha value is -2.67. The van der Waals surface area contributed by atoms with E-state index in [1.807, 2.05) is 0 Å². The van der Waals surface area contributed by atoms with E-state index in [0.29, 0.717) is 22.9 Å². The van der Waals surface area contributed by atoms with Crippen molar-refractivity contribution in [2.45, 2.75) is 13.0 Å². The molecule has 0 saturated carbocycles. The molecule has 7 heteroatoms. The van der Waals surface area contributed by atoms with E-state index in [9.17, 15) is 9.90 Å². The molecule has 122 valence electrons. The average molecular weight is 317 g/mol. The zero-order chi connectivity index (χ0) is 16.7. The number of carbonyl (C=O) groups is 1. The van der Waals surface area contributed by atoms with Gasteiger partial charge in [-0.15, -0.1) is 0 Å². The van der Waals surface area contributed by atoms with E-state index in [0.717, 1.165) is 0 Å². The molecule has 1 aromatic carbocycles. The first-order chi connectivity index (χ1) is 11.1. The molecule has 1 heterocycles. The van der Waals surface area contributed by atoms with Crippen molar-refractivity contribution in [3.8, 4) is 11.5 Å². The summed E-state index contributed by atoms with van der Waals surface area (Å²) < 4.78 is 10.5. The van der Waals surface area contributed by atoms with Crippen LogP contribution in [-0.2, 0) is 0 Å². The zero-order valence-corrected chi connectivity index (χ0v) is 13.0. The van der Waals surface area contributed by atoms with Crippen LogP contribution in [0.3, 0.4) is 0 Å². The van der Waals surface area contributed by atoms with Crippen LogP contribution in [-0.4, -0.2) is 47.3 Å². The molecule has 7 nitrogen and oxygen atoms in total. The number of hydrogen-bond donors (Lipinski definition) is 2. The van der Waals surface area contributed by atoms with Gasteiger partial charge in [-0.2, -0.15) is 0 Å². The molecule has 2 aromatic rings. The highest BCUT2D eigenvalue weighted by molar-refractivity contribution is 5.93. The molecule has 2 N–H and O–H groups in total. The Morgan fingerprint density at radius 3 is 2.70 bits per heavy atom. The van der Waals surface area contributed by atoms with Gasteiger partial charge in [0, 0.05) is 25.0 Å². The van der Waals surface area contributed by atoms with E-state index in [1.165, 1.54) is 12.4 Å². The minimum absolute atomic E-state index is 0.0534. The number of aliphatic hydroxyl groups excluding tert-OH is 1. The molecule has 0 bridgehead atoms. The third-order valence-corrected chi connectivity index (χ3v) is 3.02. The maximum absolute atomic E-state index is 11.9. The summed E-state index contributed by atoms with van der Waals surface area (Å²) in [5.74, 6) is 1.50. The number of methoxy groups -OCH3 is 1. The summed E-state index contributed by atoms with van der Waals surface area (Å²) in [4.78, 5) is 19.8. The quantitative estimate of drug-likeness (QED) is 0.790. The number of amides is 1. The number of aliphatic hydroxyl groups is 1. The van der Waals surface area contributed by atoms with Gasteiger partial charge in [0.2, 0.25) is 0 Å². The lowest BCUT2D eigenvalue weighted by Gasteiger charge is -2.13. The fourth-order valence-electron chi connectivity index (χ4n) is 1.76. The molecule has 2 rings (SSSR count). The molecule has 0 aliphatic heterocycles. The smallest absolute Gasteiger partial charge is 0.254 e. The van der Waals surface area contributed by atoms with Crippen LogP contribution >= 0.6 is 0 Å². The second-order valence-corrected chi connectivity index (χ2v) is 4.87. The van der Waals surface area contributed by atoms with Crippen molar-refractivity contribution in [2.24, 2.45) is 0 Å². The summed E-state index contributed by atoms with van der Waals surface area (Å²) in [6.07, 6.45) is 2.05. The number of aromatic nitrogens is 2. The van der Waals surface area contributed by atoms with Gasteiger partial charge >= 0.3 is 0 Å². The number of hydrogen-bond acceptors (Lipinski definition) is 6. The van der Waals surface area contributed by atoms with E-state index in [1.54, 1.807) is 38.3 Å². The number of ether oxygens (including phenoxy) is 2. The molecule has 0 fully saturated rings. The van der Waals surface area contributed by atoms with Gasteiger partial charge in [-0.05, 0) is 19.1 Å². The normalized spacial score (nSPS) is 11.6. The first kappa shape index (κ1) is 16.7. The lowest BCUT2D eigenvalue weighted by atomic mass is 10.3. The summed E-state index contributed by atoms with van der Waals surface area (Å²) in [5.41, 5.74) is 0.344. The molecule has 23 heavy (non-hydrogen) atoms. The highest BCUT2D eigenvalue weighted by Crippen LogP contribution is 2.18. The Morgan fingerprint density at radius 2 is 2.00 bits per heavy atom. The van der Waals surface area contributed by atoms with Crippen molar-refractivity contribution >= 4 is 5.91 Å². The largest absolute Gasteiger partial charge is 0.497 e. The highest BCUT2D eigenvalue weighted by Gasteiger charge is 2.10. The van der Waals surface area contributed by atoms with Crippen molar-refractivity contribution in [1.82, 2.24) is 15.3 Å². The van der Waals surface area contributed by atoms with Gasteiger partial charge in [0.15, 0.2) is 0 Å². The molecule has 0 aliphatic rings. The van der Waals surface area contributed by atoms with Crippen LogP contribution in [0.25, 0.3) is 0 Å². The molecule has 1 amide bonds. The molecule has 0 aliphatic carbocycles. The SMILES string of the molecule is COc1cccc(OC[C@@H](O)CNC(=O)c2cnc(C)nc2)c1. The van der Waals surface area contributed by atoms with E-state index < -0.39 is 6.10 Å². The molecular formula is C16H19N3O4. The van der Waals surface area contributed by atoms with Crippen molar-refractivity contribution in [1.29, 1.82) is 0 Å². The topological polar surface area (TPSA) is 93.6 Å². The summed E-state index contributed by atoms with van der Waals surface area (Å²) >= 11 is 0. The van der Waals surface area contributed by atoms with E-state index in [2.05, 4.69) is 15.3 Å². The minimum atomic E-state index is -0.837. The van der Waals surface area contributed by atoms with Gasteiger partial charge in [0.05, 0.1) is 12.7 Å². The Bertz CT molecular complexity index is 646. The van der Waals surface area contributed by atoms with Crippen LogP contribution < -0.4 is 14.8 Å². The molecular weight excluding hydrogens is 298 g/mol. The second kappa shape index (κ2) is 8.09. The van der Waals surface area contributed by atoms with Crippen LogP contribution in [0.4, 0.5) is 0 Å². The Morgan fingerprint density at radius 1 is 1.30 bits per heavy atom. The molecule has 1 aromatic heterocycles. The summed E-state index contributed by atoms with van der Waals surface area (Å²) in [6.45, 7) is 1.86. The molecule has 0 saturated heterocycles. The number of benzene rings is 1. The number of aryl methyl sites for hydroxylation is 1. The summed E-state index contributed by atoms with van der Waals surface area (Å²) in [6, 6.07) is 7.07. The predicted octanol–water partition coefficient (Wildman–Crippen LogP) is 0.963. The van der Waals surface area contributed by atoms with E-state index >= 15 is 0 Å². The van der Waals surface area contributed by atoms with Crippen LogP contribution in [0.5, 0.6) is 11.5 Å². The molecule has 0 radical (unpaired) electrons. The summed E-state index contributed by atoms with van der Waals surface area (Å²) in [5, 5.41) is 12.5. The maximum atomic E-state index is 11.9. The first-order valence-corrected chi connectivity index (χ1v) is 7.10. The third-order valence-electron chi connectivity index (χ3n) is 3.02. The first-order valence-electron chi connectivity index (χ1n) is 7.10. The maximum Gasteiger partial charge on any atom is 0.254 e. The highest BCUT2D eigenvalue weighted by atomic mass is 16.5. The minimum Gasteiger partial charge on any atom is -0.497 e. The van der Waals surface area contributed by atoms with Crippen molar-refractivity contribution in [3.05, 3.63) is 48.0 Å². The predicted molar refractivity (Wildman–Crippen MR) is 83.6 cm³/mol. The van der Waals surface area contributed by atoms with Crippen LogP contribution in [0.2, 0.25) is 0 Å². The lowest BCUT2D eigenvalue weighted by Crippen LogP contribution is -2.35. The van der Waals surface area contributed by atoms with Crippen molar-refractivity contribution in [2.75, 3.05) is 20.3 Å². The summed E-state index contributed by atoms with van der Waals surface area (Å²) in [7, 11) is 1.57. The molecule has 1 atom stereocenters. The van der Waals surface area contributed by atoms with Crippen LogP contribution in [0, 0.1) is 6.92 Å². The second-order valence-electron chi connectivity index (χ2n) is 4.87. The van der Waals surface area contributed by atoms with Crippen LogP contribution in [0.1, 0.15) is 16.2 Å².